The molecule has 21 heavy (non-hydrogen) atoms. The van der Waals surface area contributed by atoms with E-state index < -0.39 is 30.1 Å². The lowest BCUT2D eigenvalue weighted by molar-refractivity contribution is -0.192. The first kappa shape index (κ1) is 21.5. The van der Waals surface area contributed by atoms with Crippen LogP contribution in [-0.2, 0) is 19.2 Å². The molecule has 0 rings (SSSR count). The van der Waals surface area contributed by atoms with E-state index in [0.29, 0.717) is 0 Å². The van der Waals surface area contributed by atoms with Crippen LogP contribution in [0.4, 0.5) is 13.2 Å². The highest BCUT2D eigenvalue weighted by atomic mass is 32.2. The zero-order valence-electron chi connectivity index (χ0n) is 10.3. The van der Waals surface area contributed by atoms with Gasteiger partial charge in [-0.3, -0.25) is 14.4 Å². The lowest BCUT2D eigenvalue weighted by Gasteiger charge is -2.03. The van der Waals surface area contributed by atoms with Crippen LogP contribution in [0, 0.1) is 0 Å². The number of alkyl halides is 3. The number of nitrogens with two attached hydrogens (primary N) is 1. The number of carboxylic acid groups (broad SMARTS) is 3. The van der Waals surface area contributed by atoms with Crippen LogP contribution in [-0.4, -0.2) is 56.3 Å². The van der Waals surface area contributed by atoms with E-state index in [9.17, 15) is 27.6 Å². The summed E-state index contributed by atoms with van der Waals surface area (Å²) in [6, 6.07) is -1.09. The summed E-state index contributed by atoms with van der Waals surface area (Å²) in [5.74, 6) is -5.02. The number of carbonyl (C=O) groups is 4. The topological polar surface area (TPSA) is 155 Å². The molecule has 0 fully saturated rings. The van der Waals surface area contributed by atoms with Crippen molar-refractivity contribution >= 4 is 34.8 Å². The van der Waals surface area contributed by atoms with Crippen molar-refractivity contribution in [3.63, 3.8) is 0 Å². The van der Waals surface area contributed by atoms with Crippen molar-refractivity contribution in [1.29, 1.82) is 0 Å². The van der Waals surface area contributed by atoms with Gasteiger partial charge in [0, 0.05) is 12.2 Å². The maximum Gasteiger partial charge on any atom is 0.490 e. The Hall–Kier alpha value is -1.82. The minimum atomic E-state index is -5.08. The van der Waals surface area contributed by atoms with Crippen molar-refractivity contribution in [1.82, 2.24) is 0 Å². The van der Waals surface area contributed by atoms with Gasteiger partial charge in [0.2, 0.25) is 0 Å². The highest BCUT2D eigenvalue weighted by molar-refractivity contribution is 8.13. The first-order valence-corrected chi connectivity index (χ1v) is 6.02. The van der Waals surface area contributed by atoms with E-state index in [1.807, 2.05) is 0 Å². The molecule has 0 unspecified atom stereocenters. The van der Waals surface area contributed by atoms with E-state index in [1.54, 1.807) is 0 Å². The molecule has 8 nitrogen and oxygen atoms in total. The smallest absolute Gasteiger partial charge is 0.481 e. The van der Waals surface area contributed by atoms with Gasteiger partial charge in [-0.2, -0.15) is 13.2 Å². The van der Waals surface area contributed by atoms with Crippen molar-refractivity contribution in [2.24, 2.45) is 5.73 Å². The summed E-state index contributed by atoms with van der Waals surface area (Å²) in [5.41, 5.74) is 5.13. The summed E-state index contributed by atoms with van der Waals surface area (Å²) in [6.45, 7) is 0. The van der Waals surface area contributed by atoms with Crippen LogP contribution in [0.25, 0.3) is 0 Å². The molecule has 1 atom stereocenters. The molecule has 0 saturated heterocycles. The molecule has 0 amide bonds. The largest absolute Gasteiger partial charge is 0.490 e. The van der Waals surface area contributed by atoms with E-state index in [1.165, 1.54) is 0 Å². The normalized spacial score (nSPS) is 11.8. The van der Waals surface area contributed by atoms with E-state index in [0.717, 1.165) is 11.8 Å². The number of rotatable bonds is 6. The third kappa shape index (κ3) is 14.4. The van der Waals surface area contributed by atoms with Gasteiger partial charge in [-0.1, -0.05) is 11.8 Å². The van der Waals surface area contributed by atoms with Gasteiger partial charge in [-0.05, 0) is 0 Å². The molecular weight excluding hydrogens is 323 g/mol. The van der Waals surface area contributed by atoms with E-state index in [-0.39, 0.29) is 23.7 Å². The first-order valence-electron chi connectivity index (χ1n) is 5.03. The molecule has 0 aromatic carbocycles. The zero-order chi connectivity index (χ0) is 17.2. The third-order valence-corrected chi connectivity index (χ3v) is 2.58. The Labute approximate surface area is 120 Å². The van der Waals surface area contributed by atoms with Crippen LogP contribution in [0.3, 0.4) is 0 Å². The van der Waals surface area contributed by atoms with Crippen molar-refractivity contribution in [2.45, 2.75) is 25.1 Å². The quantitative estimate of drug-likeness (QED) is 0.531. The molecule has 0 bridgehead atoms. The van der Waals surface area contributed by atoms with E-state index >= 15 is 0 Å². The summed E-state index contributed by atoms with van der Waals surface area (Å²) in [7, 11) is 0. The van der Waals surface area contributed by atoms with Crippen LogP contribution in [0.1, 0.15) is 12.8 Å². The standard InChI is InChI=1S/C7H11NO5S.C2HF3O2/c8-4(7(12)13)3-14-6(11)2-1-5(9)10;3-2(4,5)1(6)7/h4H,1-3,8H2,(H,9,10)(H,12,13);(H,6,7)/t4-;/m0./s1. The monoisotopic (exact) mass is 335 g/mol. The van der Waals surface area contributed by atoms with Gasteiger partial charge in [-0.15, -0.1) is 0 Å². The Balaban J connectivity index is 0. The van der Waals surface area contributed by atoms with Gasteiger partial charge in [0.25, 0.3) is 0 Å². The summed E-state index contributed by atoms with van der Waals surface area (Å²) >= 11 is 0.747. The van der Waals surface area contributed by atoms with Crippen molar-refractivity contribution in [2.75, 3.05) is 5.75 Å². The molecule has 12 heteroatoms. The second-order valence-electron chi connectivity index (χ2n) is 3.32. The Morgan fingerprint density at radius 2 is 1.48 bits per heavy atom. The molecule has 0 aliphatic rings. The molecule has 0 aliphatic carbocycles. The molecule has 0 aromatic heterocycles. The van der Waals surface area contributed by atoms with Gasteiger partial charge in [0.05, 0.1) is 6.42 Å². The number of hydrogen-bond donors (Lipinski definition) is 4. The summed E-state index contributed by atoms with van der Waals surface area (Å²) in [5, 5.41) is 23.4. The Bertz CT molecular complexity index is 399. The Morgan fingerprint density at radius 1 is 1.05 bits per heavy atom. The van der Waals surface area contributed by atoms with Crippen LogP contribution < -0.4 is 5.73 Å². The summed E-state index contributed by atoms with van der Waals surface area (Å²) in [6.07, 6.45) is -5.43. The van der Waals surface area contributed by atoms with Crippen LogP contribution in [0.15, 0.2) is 0 Å². The second kappa shape index (κ2) is 9.99. The molecule has 122 valence electrons. The van der Waals surface area contributed by atoms with Gasteiger partial charge in [-0.25, -0.2) is 4.79 Å². The highest BCUT2D eigenvalue weighted by Gasteiger charge is 2.38. The van der Waals surface area contributed by atoms with Crippen LogP contribution in [0.2, 0.25) is 0 Å². The highest BCUT2D eigenvalue weighted by Crippen LogP contribution is 2.13. The number of carbonyl (C=O) groups excluding carboxylic acids is 1. The second-order valence-corrected chi connectivity index (χ2v) is 4.40. The average molecular weight is 335 g/mol. The van der Waals surface area contributed by atoms with E-state index in [4.69, 9.17) is 25.8 Å². The van der Waals surface area contributed by atoms with Crippen molar-refractivity contribution < 1.29 is 47.7 Å². The first-order chi connectivity index (χ1) is 9.37. The fourth-order valence-electron chi connectivity index (χ4n) is 0.535. The minimum Gasteiger partial charge on any atom is -0.481 e. The van der Waals surface area contributed by atoms with E-state index in [2.05, 4.69) is 0 Å². The fourth-order valence-corrected chi connectivity index (χ4v) is 1.29. The lowest BCUT2D eigenvalue weighted by atomic mass is 10.3. The maximum absolute atomic E-state index is 10.9. The summed E-state index contributed by atoms with van der Waals surface area (Å²) in [4.78, 5) is 40.1. The van der Waals surface area contributed by atoms with Crippen LogP contribution >= 0.6 is 11.8 Å². The number of thioether (sulfide) groups is 1. The number of hydrogen-bond acceptors (Lipinski definition) is 6. The number of halogens is 3. The molecule has 0 heterocycles. The Kier molecular flexibility index (Phi) is 10.2. The number of aliphatic carboxylic acids is 3. The maximum atomic E-state index is 10.9. The zero-order valence-corrected chi connectivity index (χ0v) is 11.1. The van der Waals surface area contributed by atoms with Gasteiger partial charge < -0.3 is 21.1 Å². The van der Waals surface area contributed by atoms with Crippen molar-refractivity contribution in [3.8, 4) is 0 Å². The molecule has 0 saturated carbocycles. The number of carboxylic acids is 3. The molecular formula is C9H12F3NO7S. The predicted molar refractivity (Wildman–Crippen MR) is 63.6 cm³/mol. The van der Waals surface area contributed by atoms with Crippen molar-refractivity contribution in [3.05, 3.63) is 0 Å². The van der Waals surface area contributed by atoms with Crippen LogP contribution in [0.5, 0.6) is 0 Å². The predicted octanol–water partition coefficient (Wildman–Crippen LogP) is 0.156. The Morgan fingerprint density at radius 3 is 1.76 bits per heavy atom. The van der Waals surface area contributed by atoms with Gasteiger partial charge >= 0.3 is 24.1 Å². The summed E-state index contributed by atoms with van der Waals surface area (Å²) < 4.78 is 31.7. The van der Waals surface area contributed by atoms with Gasteiger partial charge in [0.1, 0.15) is 6.04 Å². The van der Waals surface area contributed by atoms with Gasteiger partial charge in [0.15, 0.2) is 5.12 Å². The lowest BCUT2D eigenvalue weighted by Crippen LogP contribution is -2.32. The minimum absolute atomic E-state index is 0.0339. The molecule has 0 radical (unpaired) electrons. The molecule has 5 N–H and O–H groups in total. The fraction of sp³-hybridized carbons (Fsp3) is 0.556. The molecule has 0 spiro atoms. The molecule has 0 aromatic rings. The molecule has 0 aliphatic heterocycles. The SMILES string of the molecule is N[C@@H](CSC(=O)CCC(=O)O)C(=O)O.O=C(O)C(F)(F)F. The third-order valence-electron chi connectivity index (χ3n) is 1.53. The average Bonchev–Trinajstić information content (AvgIpc) is 2.32.